The van der Waals surface area contributed by atoms with E-state index in [1.165, 1.54) is 0 Å². The Hall–Kier alpha value is -0.120. The predicted octanol–water partition coefficient (Wildman–Crippen LogP) is -0.499. The maximum absolute atomic E-state index is 5.67. The fourth-order valence-corrected chi connectivity index (χ4v) is 1.50. The number of fused-ring (bicyclic) bond motifs is 1. The minimum atomic E-state index is 0.123. The van der Waals surface area contributed by atoms with Gasteiger partial charge in [-0.25, -0.2) is 0 Å². The van der Waals surface area contributed by atoms with Gasteiger partial charge in [-0.1, -0.05) is 0 Å². The predicted molar refractivity (Wildman–Crippen MR) is 32.1 cm³/mol. The van der Waals surface area contributed by atoms with E-state index < -0.39 is 0 Å². The monoisotopic (exact) mass is 129 g/mol. The van der Waals surface area contributed by atoms with Crippen LogP contribution in [0.15, 0.2) is 0 Å². The zero-order chi connectivity index (χ0) is 6.27. The smallest absolute Gasteiger partial charge is 0.101 e. The van der Waals surface area contributed by atoms with E-state index >= 15 is 0 Å². The lowest BCUT2D eigenvalue weighted by atomic mass is 10.1. The van der Waals surface area contributed by atoms with Crippen molar-refractivity contribution in [2.24, 2.45) is 5.73 Å². The highest BCUT2D eigenvalue weighted by Gasteiger charge is 2.39. The first-order chi connectivity index (χ1) is 4.38. The Morgan fingerprint density at radius 3 is 3.00 bits per heavy atom. The summed E-state index contributed by atoms with van der Waals surface area (Å²) >= 11 is 0. The SMILES string of the molecule is NC1COC2CCOC12. The summed E-state index contributed by atoms with van der Waals surface area (Å²) in [5.41, 5.74) is 5.67. The summed E-state index contributed by atoms with van der Waals surface area (Å²) in [5, 5.41) is 0. The quantitative estimate of drug-likeness (QED) is 0.479. The number of hydrogen-bond acceptors (Lipinski definition) is 3. The molecule has 2 saturated heterocycles. The average molecular weight is 129 g/mol. The molecule has 0 bridgehead atoms. The van der Waals surface area contributed by atoms with Crippen LogP contribution in [0, 0.1) is 0 Å². The first-order valence-electron chi connectivity index (χ1n) is 3.37. The van der Waals surface area contributed by atoms with Gasteiger partial charge in [0, 0.05) is 6.61 Å². The molecule has 2 aliphatic rings. The van der Waals surface area contributed by atoms with Crippen molar-refractivity contribution in [3.8, 4) is 0 Å². The van der Waals surface area contributed by atoms with Gasteiger partial charge in [-0.05, 0) is 6.42 Å². The van der Waals surface area contributed by atoms with Crippen molar-refractivity contribution in [3.63, 3.8) is 0 Å². The molecule has 3 atom stereocenters. The van der Waals surface area contributed by atoms with Crippen LogP contribution in [-0.4, -0.2) is 31.5 Å². The summed E-state index contributed by atoms with van der Waals surface area (Å²) in [6.07, 6.45) is 1.53. The first-order valence-corrected chi connectivity index (χ1v) is 3.37. The zero-order valence-corrected chi connectivity index (χ0v) is 5.25. The van der Waals surface area contributed by atoms with Crippen molar-refractivity contribution in [1.82, 2.24) is 0 Å². The fourth-order valence-electron chi connectivity index (χ4n) is 1.50. The highest BCUT2D eigenvalue weighted by molar-refractivity contribution is 4.90. The molecule has 0 radical (unpaired) electrons. The molecular weight excluding hydrogens is 118 g/mol. The zero-order valence-electron chi connectivity index (χ0n) is 5.25. The molecule has 3 unspecified atom stereocenters. The molecule has 0 aromatic rings. The summed E-state index contributed by atoms with van der Waals surface area (Å²) in [5.74, 6) is 0. The van der Waals surface area contributed by atoms with Crippen LogP contribution in [0.3, 0.4) is 0 Å². The van der Waals surface area contributed by atoms with E-state index in [1.54, 1.807) is 0 Å². The third-order valence-electron chi connectivity index (χ3n) is 2.00. The van der Waals surface area contributed by atoms with Crippen molar-refractivity contribution in [2.75, 3.05) is 13.2 Å². The number of ether oxygens (including phenoxy) is 2. The van der Waals surface area contributed by atoms with Crippen LogP contribution in [0.25, 0.3) is 0 Å². The van der Waals surface area contributed by atoms with Crippen molar-refractivity contribution < 1.29 is 9.47 Å². The average Bonchev–Trinajstić information content (AvgIpc) is 2.35. The van der Waals surface area contributed by atoms with E-state index in [-0.39, 0.29) is 12.1 Å². The Morgan fingerprint density at radius 2 is 2.22 bits per heavy atom. The standard InChI is InChI=1S/C6H11NO2/c7-4-3-9-5-1-2-8-6(4)5/h4-6H,1-3,7H2. The largest absolute Gasteiger partial charge is 0.374 e. The van der Waals surface area contributed by atoms with Gasteiger partial charge in [0.25, 0.3) is 0 Å². The number of rotatable bonds is 0. The molecule has 0 aromatic carbocycles. The molecule has 3 nitrogen and oxygen atoms in total. The second-order valence-corrected chi connectivity index (χ2v) is 2.66. The Balaban J connectivity index is 2.07. The minimum Gasteiger partial charge on any atom is -0.374 e. The van der Waals surface area contributed by atoms with Gasteiger partial charge in [0.1, 0.15) is 6.10 Å². The van der Waals surface area contributed by atoms with Crippen molar-refractivity contribution in [2.45, 2.75) is 24.7 Å². The van der Waals surface area contributed by atoms with Gasteiger partial charge in [-0.15, -0.1) is 0 Å². The Bertz CT molecular complexity index is 118. The summed E-state index contributed by atoms with van der Waals surface area (Å²) in [7, 11) is 0. The molecule has 0 spiro atoms. The molecule has 2 fully saturated rings. The van der Waals surface area contributed by atoms with E-state index in [1.807, 2.05) is 0 Å². The minimum absolute atomic E-state index is 0.123. The number of hydrogen-bond donors (Lipinski definition) is 1. The van der Waals surface area contributed by atoms with Gasteiger partial charge in [0.2, 0.25) is 0 Å². The Labute approximate surface area is 54.1 Å². The van der Waals surface area contributed by atoms with E-state index in [9.17, 15) is 0 Å². The van der Waals surface area contributed by atoms with Crippen LogP contribution in [0.4, 0.5) is 0 Å². The molecule has 0 aromatic heterocycles. The second-order valence-electron chi connectivity index (χ2n) is 2.66. The van der Waals surface area contributed by atoms with Gasteiger partial charge >= 0.3 is 0 Å². The van der Waals surface area contributed by atoms with Crippen LogP contribution in [0.5, 0.6) is 0 Å². The molecule has 0 amide bonds. The number of nitrogens with two attached hydrogens (primary N) is 1. The van der Waals surface area contributed by atoms with Gasteiger partial charge in [0.05, 0.1) is 18.8 Å². The molecule has 0 saturated carbocycles. The van der Waals surface area contributed by atoms with Gasteiger partial charge in [-0.2, -0.15) is 0 Å². The topological polar surface area (TPSA) is 44.5 Å². The van der Waals surface area contributed by atoms with E-state index in [4.69, 9.17) is 15.2 Å². The summed E-state index contributed by atoms with van der Waals surface area (Å²) in [6, 6.07) is 0.123. The first kappa shape index (κ1) is 5.65. The Kier molecular flexibility index (Phi) is 1.22. The van der Waals surface area contributed by atoms with Crippen LogP contribution < -0.4 is 5.73 Å². The normalized spacial score (nSPS) is 49.7. The molecule has 0 aliphatic carbocycles. The highest BCUT2D eigenvalue weighted by Crippen LogP contribution is 2.24. The van der Waals surface area contributed by atoms with Crippen molar-refractivity contribution >= 4 is 0 Å². The molecule has 2 rings (SSSR count). The highest BCUT2D eigenvalue weighted by atomic mass is 16.6. The van der Waals surface area contributed by atoms with Gasteiger partial charge in [0.15, 0.2) is 0 Å². The third-order valence-corrected chi connectivity index (χ3v) is 2.00. The Morgan fingerprint density at radius 1 is 1.33 bits per heavy atom. The van der Waals surface area contributed by atoms with Crippen molar-refractivity contribution in [3.05, 3.63) is 0 Å². The molecule has 9 heavy (non-hydrogen) atoms. The van der Waals surface area contributed by atoms with E-state index in [2.05, 4.69) is 0 Å². The molecule has 3 heteroatoms. The molecule has 2 N–H and O–H groups in total. The van der Waals surface area contributed by atoms with Gasteiger partial charge < -0.3 is 15.2 Å². The lowest BCUT2D eigenvalue weighted by Crippen LogP contribution is -2.34. The maximum Gasteiger partial charge on any atom is 0.101 e. The molecule has 2 aliphatic heterocycles. The van der Waals surface area contributed by atoms with Crippen LogP contribution >= 0.6 is 0 Å². The fraction of sp³-hybridized carbons (Fsp3) is 1.00. The summed E-state index contributed by atoms with van der Waals surface area (Å²) in [4.78, 5) is 0. The maximum atomic E-state index is 5.67. The van der Waals surface area contributed by atoms with Crippen LogP contribution in [0.2, 0.25) is 0 Å². The molecule has 2 heterocycles. The lowest BCUT2D eigenvalue weighted by Gasteiger charge is -2.09. The third kappa shape index (κ3) is 0.764. The summed E-state index contributed by atoms with van der Waals surface area (Å²) < 4.78 is 10.7. The van der Waals surface area contributed by atoms with Crippen LogP contribution in [0.1, 0.15) is 6.42 Å². The van der Waals surface area contributed by atoms with Crippen LogP contribution in [-0.2, 0) is 9.47 Å². The lowest BCUT2D eigenvalue weighted by molar-refractivity contribution is 0.0709. The second kappa shape index (κ2) is 1.94. The van der Waals surface area contributed by atoms with E-state index in [0.717, 1.165) is 13.0 Å². The van der Waals surface area contributed by atoms with Gasteiger partial charge in [-0.3, -0.25) is 0 Å². The molecule has 52 valence electrons. The molecular formula is C6H11NO2. The van der Waals surface area contributed by atoms with Crippen molar-refractivity contribution in [1.29, 1.82) is 0 Å². The van der Waals surface area contributed by atoms with E-state index in [0.29, 0.717) is 12.7 Å². The summed E-state index contributed by atoms with van der Waals surface area (Å²) in [6.45, 7) is 1.50.